The maximum Gasteiger partial charge on any atom is 0.0946 e. The zero-order valence-electron chi connectivity index (χ0n) is 11.0. The number of nitrogens with zero attached hydrogens (tertiary/aromatic N) is 2. The highest BCUT2D eigenvalue weighted by atomic mass is 15.1. The summed E-state index contributed by atoms with van der Waals surface area (Å²) in [5.41, 5.74) is 1.30. The van der Waals surface area contributed by atoms with Crippen molar-refractivity contribution in [1.29, 1.82) is 0 Å². The predicted octanol–water partition coefficient (Wildman–Crippen LogP) is 2.90. The largest absolute Gasteiger partial charge is 0.336 e. The monoisotopic (exact) mass is 223 g/mol. The van der Waals surface area contributed by atoms with Gasteiger partial charge in [-0.1, -0.05) is 33.6 Å². The van der Waals surface area contributed by atoms with Crippen LogP contribution in [0.15, 0.2) is 12.5 Å². The quantitative estimate of drug-likeness (QED) is 0.770. The molecule has 3 nitrogen and oxygen atoms in total. The fraction of sp³-hybridized carbons (Fsp3) is 0.769. The second-order valence-electron chi connectivity index (χ2n) is 4.86. The molecule has 0 aliphatic rings. The SMILES string of the molecule is CCNC(CCCC(C)C)c1cncn1C. The first-order chi connectivity index (χ1) is 7.65. The molecule has 1 unspecified atom stereocenters. The Kier molecular flexibility index (Phi) is 5.53. The van der Waals surface area contributed by atoms with Crippen molar-refractivity contribution in [2.75, 3.05) is 6.54 Å². The van der Waals surface area contributed by atoms with E-state index in [1.807, 2.05) is 12.5 Å². The van der Waals surface area contributed by atoms with Gasteiger partial charge in [0.1, 0.15) is 0 Å². The Hall–Kier alpha value is -0.830. The third-order valence-electron chi connectivity index (χ3n) is 2.94. The van der Waals surface area contributed by atoms with Crippen molar-refractivity contribution in [3.05, 3.63) is 18.2 Å². The fourth-order valence-electron chi connectivity index (χ4n) is 2.03. The molecule has 0 spiro atoms. The summed E-state index contributed by atoms with van der Waals surface area (Å²) >= 11 is 0. The lowest BCUT2D eigenvalue weighted by Gasteiger charge is -2.18. The van der Waals surface area contributed by atoms with Crippen molar-refractivity contribution in [3.63, 3.8) is 0 Å². The van der Waals surface area contributed by atoms with E-state index in [4.69, 9.17) is 0 Å². The molecule has 1 heterocycles. The molecule has 3 heteroatoms. The molecular weight excluding hydrogens is 198 g/mol. The van der Waals surface area contributed by atoms with Crippen molar-refractivity contribution >= 4 is 0 Å². The van der Waals surface area contributed by atoms with Crippen LogP contribution in [-0.4, -0.2) is 16.1 Å². The number of imidazole rings is 1. The predicted molar refractivity (Wildman–Crippen MR) is 68.3 cm³/mol. The van der Waals surface area contributed by atoms with Gasteiger partial charge in [0, 0.05) is 19.3 Å². The minimum absolute atomic E-state index is 0.455. The van der Waals surface area contributed by atoms with Crippen LogP contribution in [0.25, 0.3) is 0 Å². The normalized spacial score (nSPS) is 13.3. The first-order valence-corrected chi connectivity index (χ1v) is 6.34. The molecule has 1 aromatic rings. The van der Waals surface area contributed by atoms with E-state index in [-0.39, 0.29) is 0 Å². The van der Waals surface area contributed by atoms with Crippen LogP contribution < -0.4 is 5.32 Å². The highest BCUT2D eigenvalue weighted by Gasteiger charge is 2.13. The van der Waals surface area contributed by atoms with Crippen LogP contribution >= 0.6 is 0 Å². The Morgan fingerprint density at radius 1 is 1.38 bits per heavy atom. The Bertz CT molecular complexity index is 291. The number of rotatable bonds is 7. The summed E-state index contributed by atoms with van der Waals surface area (Å²) in [6.07, 6.45) is 7.64. The summed E-state index contributed by atoms with van der Waals surface area (Å²) in [5, 5.41) is 3.54. The summed E-state index contributed by atoms with van der Waals surface area (Å²) in [7, 11) is 2.06. The fourth-order valence-corrected chi connectivity index (χ4v) is 2.03. The van der Waals surface area contributed by atoms with Gasteiger partial charge in [-0.2, -0.15) is 0 Å². The summed E-state index contributed by atoms with van der Waals surface area (Å²) in [6, 6.07) is 0.455. The van der Waals surface area contributed by atoms with Crippen LogP contribution in [0.1, 0.15) is 51.8 Å². The smallest absolute Gasteiger partial charge is 0.0946 e. The van der Waals surface area contributed by atoms with E-state index in [2.05, 4.69) is 42.7 Å². The molecule has 92 valence electrons. The van der Waals surface area contributed by atoms with Crippen molar-refractivity contribution in [2.45, 2.75) is 46.1 Å². The molecule has 16 heavy (non-hydrogen) atoms. The third kappa shape index (κ3) is 3.97. The average molecular weight is 223 g/mol. The summed E-state index contributed by atoms with van der Waals surface area (Å²) in [6.45, 7) is 7.74. The van der Waals surface area contributed by atoms with Gasteiger partial charge in [-0.25, -0.2) is 4.98 Å². The van der Waals surface area contributed by atoms with Crippen molar-refractivity contribution in [2.24, 2.45) is 13.0 Å². The molecule has 1 rings (SSSR count). The van der Waals surface area contributed by atoms with Crippen LogP contribution in [-0.2, 0) is 7.05 Å². The molecule has 0 aromatic carbocycles. The van der Waals surface area contributed by atoms with Gasteiger partial charge in [0.25, 0.3) is 0 Å². The number of aromatic nitrogens is 2. The van der Waals surface area contributed by atoms with Gasteiger partial charge >= 0.3 is 0 Å². The molecular formula is C13H25N3. The van der Waals surface area contributed by atoms with Gasteiger partial charge in [0.05, 0.1) is 12.0 Å². The van der Waals surface area contributed by atoms with E-state index >= 15 is 0 Å². The Morgan fingerprint density at radius 3 is 2.62 bits per heavy atom. The first-order valence-electron chi connectivity index (χ1n) is 6.34. The third-order valence-corrected chi connectivity index (χ3v) is 2.94. The van der Waals surface area contributed by atoms with Gasteiger partial charge in [0.2, 0.25) is 0 Å². The Balaban J connectivity index is 2.51. The maximum absolute atomic E-state index is 4.19. The zero-order chi connectivity index (χ0) is 12.0. The van der Waals surface area contributed by atoms with Gasteiger partial charge < -0.3 is 9.88 Å². The lowest BCUT2D eigenvalue weighted by molar-refractivity contribution is 0.441. The lowest BCUT2D eigenvalue weighted by atomic mass is 10.0. The Morgan fingerprint density at radius 2 is 2.12 bits per heavy atom. The van der Waals surface area contributed by atoms with Crippen molar-refractivity contribution < 1.29 is 0 Å². The number of hydrogen-bond donors (Lipinski definition) is 1. The molecule has 1 atom stereocenters. The summed E-state index contributed by atoms with van der Waals surface area (Å²) in [4.78, 5) is 4.19. The summed E-state index contributed by atoms with van der Waals surface area (Å²) < 4.78 is 2.11. The molecule has 1 N–H and O–H groups in total. The van der Waals surface area contributed by atoms with Crippen molar-refractivity contribution in [3.8, 4) is 0 Å². The molecule has 0 fully saturated rings. The van der Waals surface area contributed by atoms with Gasteiger partial charge in [-0.15, -0.1) is 0 Å². The van der Waals surface area contributed by atoms with Crippen LogP contribution in [0.5, 0.6) is 0 Å². The van der Waals surface area contributed by atoms with E-state index in [1.165, 1.54) is 25.0 Å². The molecule has 0 amide bonds. The van der Waals surface area contributed by atoms with E-state index in [9.17, 15) is 0 Å². The molecule has 0 bridgehead atoms. The van der Waals surface area contributed by atoms with Crippen LogP contribution in [0, 0.1) is 5.92 Å². The van der Waals surface area contributed by atoms with E-state index < -0.39 is 0 Å². The minimum atomic E-state index is 0.455. The molecule has 0 aliphatic heterocycles. The summed E-state index contributed by atoms with van der Waals surface area (Å²) in [5.74, 6) is 0.800. The first kappa shape index (κ1) is 13.2. The van der Waals surface area contributed by atoms with Crippen molar-refractivity contribution in [1.82, 2.24) is 14.9 Å². The van der Waals surface area contributed by atoms with Gasteiger partial charge in [0.15, 0.2) is 0 Å². The van der Waals surface area contributed by atoms with E-state index in [0.29, 0.717) is 6.04 Å². The highest BCUT2D eigenvalue weighted by molar-refractivity contribution is 5.04. The topological polar surface area (TPSA) is 29.9 Å². The standard InChI is InChI=1S/C13H25N3/c1-5-15-12(8-6-7-11(2)3)13-9-14-10-16(13)4/h9-12,15H,5-8H2,1-4H3. The zero-order valence-corrected chi connectivity index (χ0v) is 11.0. The molecule has 0 radical (unpaired) electrons. The number of hydrogen-bond acceptors (Lipinski definition) is 2. The lowest BCUT2D eigenvalue weighted by Crippen LogP contribution is -2.22. The molecule has 0 saturated heterocycles. The van der Waals surface area contributed by atoms with Crippen LogP contribution in [0.4, 0.5) is 0 Å². The van der Waals surface area contributed by atoms with Crippen LogP contribution in [0.2, 0.25) is 0 Å². The van der Waals surface area contributed by atoms with Gasteiger partial charge in [-0.3, -0.25) is 0 Å². The second-order valence-corrected chi connectivity index (χ2v) is 4.86. The second kappa shape index (κ2) is 6.69. The Labute approximate surface area is 99.3 Å². The minimum Gasteiger partial charge on any atom is -0.336 e. The average Bonchev–Trinajstić information content (AvgIpc) is 2.63. The highest BCUT2D eigenvalue weighted by Crippen LogP contribution is 2.19. The molecule has 0 aliphatic carbocycles. The van der Waals surface area contributed by atoms with Crippen LogP contribution in [0.3, 0.4) is 0 Å². The molecule has 0 saturated carbocycles. The van der Waals surface area contributed by atoms with E-state index in [1.54, 1.807) is 0 Å². The number of aryl methyl sites for hydroxylation is 1. The molecule has 1 aromatic heterocycles. The maximum atomic E-state index is 4.19. The van der Waals surface area contributed by atoms with E-state index in [0.717, 1.165) is 12.5 Å². The number of nitrogens with one attached hydrogen (secondary N) is 1. The van der Waals surface area contributed by atoms with Gasteiger partial charge in [-0.05, 0) is 18.9 Å².